The number of thioether (sulfide) groups is 1. The predicted octanol–water partition coefficient (Wildman–Crippen LogP) is 1.48. The number of imidazole rings is 1. The Morgan fingerprint density at radius 3 is 2.63 bits per heavy atom. The van der Waals surface area contributed by atoms with Gasteiger partial charge in [0.1, 0.15) is 6.33 Å². The molecule has 102 valence electrons. The summed E-state index contributed by atoms with van der Waals surface area (Å²) in [5.74, 6) is 6.77. The zero-order valence-corrected chi connectivity index (χ0v) is 11.9. The van der Waals surface area contributed by atoms with Gasteiger partial charge in [-0.1, -0.05) is 32.5 Å². The minimum atomic E-state index is 0.345. The number of nitrogens with one attached hydrogen (secondary N) is 1. The van der Waals surface area contributed by atoms with Crippen molar-refractivity contribution in [2.45, 2.75) is 31.2 Å². The van der Waals surface area contributed by atoms with Crippen LogP contribution in [0, 0.1) is 5.92 Å². The Morgan fingerprint density at radius 2 is 2.05 bits per heavy atom. The molecule has 0 aliphatic carbocycles. The van der Waals surface area contributed by atoms with Gasteiger partial charge in [-0.25, -0.2) is 10.8 Å². The molecule has 0 aliphatic heterocycles. The van der Waals surface area contributed by atoms with Crippen molar-refractivity contribution in [3.05, 3.63) is 18.7 Å². The molecule has 3 N–H and O–H groups in total. The summed E-state index contributed by atoms with van der Waals surface area (Å²) in [5.41, 5.74) is 2.46. The Bertz CT molecular complexity index is 526. The van der Waals surface area contributed by atoms with E-state index in [0.717, 1.165) is 0 Å². The molecule has 0 aromatic carbocycles. The molecular formula is C11H17N7S. The number of nitrogens with two attached hydrogens (primary N) is 1. The third kappa shape index (κ3) is 3.42. The highest BCUT2D eigenvalue weighted by Crippen LogP contribution is 2.25. The van der Waals surface area contributed by atoms with Gasteiger partial charge in [0, 0.05) is 17.6 Å². The zero-order chi connectivity index (χ0) is 13.8. The lowest BCUT2D eigenvalue weighted by Crippen LogP contribution is -2.15. The maximum Gasteiger partial charge on any atom is 0.242 e. The molecule has 1 unspecified atom stereocenters. The Kier molecular flexibility index (Phi) is 4.33. The van der Waals surface area contributed by atoms with Gasteiger partial charge >= 0.3 is 0 Å². The van der Waals surface area contributed by atoms with Gasteiger partial charge in [0.25, 0.3) is 0 Å². The molecule has 2 aromatic heterocycles. The Balaban J connectivity index is 2.31. The molecule has 0 bridgehead atoms. The number of nitrogen functional groups attached to an aromatic ring is 1. The number of aromatic nitrogens is 5. The predicted molar refractivity (Wildman–Crippen MR) is 74.9 cm³/mol. The van der Waals surface area contributed by atoms with Crippen molar-refractivity contribution >= 4 is 17.7 Å². The Morgan fingerprint density at radius 1 is 1.26 bits per heavy atom. The summed E-state index contributed by atoms with van der Waals surface area (Å²) in [6, 6.07) is 0. The van der Waals surface area contributed by atoms with Crippen LogP contribution in [0.25, 0.3) is 5.95 Å². The first kappa shape index (κ1) is 13.8. The third-order valence-electron chi connectivity index (χ3n) is 2.70. The normalized spacial score (nSPS) is 12.7. The number of hydrogen-bond acceptors (Lipinski definition) is 7. The number of nitrogens with zero attached hydrogens (tertiary/aromatic N) is 5. The van der Waals surface area contributed by atoms with Crippen molar-refractivity contribution in [1.82, 2.24) is 24.5 Å². The molecule has 0 amide bonds. The van der Waals surface area contributed by atoms with Crippen LogP contribution in [-0.2, 0) is 0 Å². The fraction of sp³-hybridized carbons (Fsp3) is 0.455. The van der Waals surface area contributed by atoms with Crippen molar-refractivity contribution in [1.29, 1.82) is 0 Å². The first-order valence-electron chi connectivity index (χ1n) is 5.98. The van der Waals surface area contributed by atoms with Gasteiger partial charge in [0.15, 0.2) is 5.16 Å². The van der Waals surface area contributed by atoms with E-state index in [1.807, 2.05) is 0 Å². The number of anilines is 1. The van der Waals surface area contributed by atoms with Crippen molar-refractivity contribution in [3.63, 3.8) is 0 Å². The van der Waals surface area contributed by atoms with Crippen molar-refractivity contribution in [2.75, 3.05) is 5.43 Å². The lowest BCUT2D eigenvalue weighted by molar-refractivity contribution is 0.639. The molecule has 2 rings (SSSR count). The average Bonchev–Trinajstić information content (AvgIpc) is 2.92. The summed E-state index contributed by atoms with van der Waals surface area (Å²) in [4.78, 5) is 16.8. The summed E-state index contributed by atoms with van der Waals surface area (Å²) in [5, 5.41) is 1.05. The number of rotatable bonds is 5. The summed E-state index contributed by atoms with van der Waals surface area (Å²) in [6.45, 7) is 6.47. The Labute approximate surface area is 116 Å². The molecule has 7 nitrogen and oxygen atoms in total. The van der Waals surface area contributed by atoms with Gasteiger partial charge in [-0.05, 0) is 5.92 Å². The highest BCUT2D eigenvalue weighted by Gasteiger charge is 2.14. The molecule has 19 heavy (non-hydrogen) atoms. The minimum Gasteiger partial charge on any atom is -0.292 e. The van der Waals surface area contributed by atoms with Crippen LogP contribution in [0.3, 0.4) is 0 Å². The second-order valence-corrected chi connectivity index (χ2v) is 5.77. The van der Waals surface area contributed by atoms with Crippen LogP contribution >= 0.6 is 11.8 Å². The van der Waals surface area contributed by atoms with Crippen molar-refractivity contribution < 1.29 is 0 Å². The molecule has 2 heterocycles. The van der Waals surface area contributed by atoms with Gasteiger partial charge in [0.05, 0.1) is 0 Å². The van der Waals surface area contributed by atoms with Crippen LogP contribution in [0.15, 0.2) is 23.9 Å². The molecule has 8 heteroatoms. The number of hydrazine groups is 1. The summed E-state index contributed by atoms with van der Waals surface area (Å²) in [6.07, 6.45) is 5.08. The average molecular weight is 279 g/mol. The van der Waals surface area contributed by atoms with E-state index in [0.29, 0.717) is 28.2 Å². The van der Waals surface area contributed by atoms with E-state index in [4.69, 9.17) is 5.84 Å². The molecule has 2 aromatic rings. The second-order valence-electron chi connectivity index (χ2n) is 4.42. The maximum atomic E-state index is 5.39. The minimum absolute atomic E-state index is 0.345. The highest BCUT2D eigenvalue weighted by molar-refractivity contribution is 7.99. The van der Waals surface area contributed by atoms with E-state index < -0.39 is 0 Å². The highest BCUT2D eigenvalue weighted by atomic mass is 32.2. The Hall–Kier alpha value is -1.67. The molecule has 0 saturated heterocycles. The molecule has 0 saturated carbocycles. The molecule has 0 aliphatic rings. The molecular weight excluding hydrogens is 262 g/mol. The van der Waals surface area contributed by atoms with E-state index >= 15 is 0 Å². The van der Waals surface area contributed by atoms with E-state index in [1.165, 1.54) is 0 Å². The molecule has 0 spiro atoms. The van der Waals surface area contributed by atoms with Crippen LogP contribution in [0.5, 0.6) is 0 Å². The van der Waals surface area contributed by atoms with Gasteiger partial charge < -0.3 is 0 Å². The quantitative estimate of drug-likeness (QED) is 0.486. The fourth-order valence-electron chi connectivity index (χ4n) is 1.26. The maximum absolute atomic E-state index is 5.39. The summed E-state index contributed by atoms with van der Waals surface area (Å²) in [7, 11) is 0. The largest absolute Gasteiger partial charge is 0.292 e. The zero-order valence-electron chi connectivity index (χ0n) is 11.1. The molecule has 0 fully saturated rings. The van der Waals surface area contributed by atoms with Crippen LogP contribution in [0.1, 0.15) is 20.8 Å². The van der Waals surface area contributed by atoms with E-state index in [2.05, 4.69) is 46.1 Å². The second kappa shape index (κ2) is 5.98. The van der Waals surface area contributed by atoms with Crippen LogP contribution < -0.4 is 11.3 Å². The topological polar surface area (TPSA) is 94.5 Å². The molecule has 1 atom stereocenters. The lowest BCUT2D eigenvalue weighted by atomic mass is 10.2. The van der Waals surface area contributed by atoms with Crippen LogP contribution in [-0.4, -0.2) is 29.8 Å². The fourth-order valence-corrected chi connectivity index (χ4v) is 2.14. The van der Waals surface area contributed by atoms with Gasteiger partial charge in [-0.2, -0.15) is 15.0 Å². The van der Waals surface area contributed by atoms with Crippen LogP contribution in [0.2, 0.25) is 0 Å². The smallest absolute Gasteiger partial charge is 0.242 e. The van der Waals surface area contributed by atoms with E-state index in [-0.39, 0.29) is 0 Å². The first-order chi connectivity index (χ1) is 9.10. The van der Waals surface area contributed by atoms with Gasteiger partial charge in [-0.3, -0.25) is 9.99 Å². The van der Waals surface area contributed by atoms with Gasteiger partial charge in [-0.15, -0.1) is 0 Å². The van der Waals surface area contributed by atoms with E-state index in [9.17, 15) is 0 Å². The number of hydrogen-bond donors (Lipinski definition) is 2. The van der Waals surface area contributed by atoms with Crippen molar-refractivity contribution in [3.8, 4) is 5.95 Å². The standard InChI is InChI=1S/C11H17N7S/c1-7(2)8(3)19-11-15-9(17-12)14-10(16-11)18-5-4-13-6-18/h4-8H,12H2,1-3H3,(H,14,15,16,17). The SMILES string of the molecule is CC(C)C(C)Sc1nc(NN)nc(-n2ccnc2)n1. The van der Waals surface area contributed by atoms with Crippen LogP contribution in [0.4, 0.5) is 5.95 Å². The lowest BCUT2D eigenvalue weighted by Gasteiger charge is -2.14. The van der Waals surface area contributed by atoms with Gasteiger partial charge in [0.2, 0.25) is 11.9 Å². The van der Waals surface area contributed by atoms with E-state index in [1.54, 1.807) is 35.0 Å². The molecule has 0 radical (unpaired) electrons. The first-order valence-corrected chi connectivity index (χ1v) is 6.85. The monoisotopic (exact) mass is 279 g/mol. The van der Waals surface area contributed by atoms with Crippen molar-refractivity contribution in [2.24, 2.45) is 11.8 Å². The summed E-state index contributed by atoms with van der Waals surface area (Å²) < 4.78 is 1.71. The summed E-state index contributed by atoms with van der Waals surface area (Å²) >= 11 is 1.60. The third-order valence-corrected chi connectivity index (χ3v) is 4.01.